The fraction of sp³-hybridized carbons (Fsp3) is 0.200. The van der Waals surface area contributed by atoms with Gasteiger partial charge >= 0.3 is 0 Å². The topological polar surface area (TPSA) is 37.4 Å². The Hall–Kier alpha value is -1.95. The first kappa shape index (κ1) is 16.5. The molecule has 2 aromatic carbocycles. The molecule has 1 unspecified atom stereocenters. The summed E-state index contributed by atoms with van der Waals surface area (Å²) < 4.78 is 28.3. The van der Waals surface area contributed by atoms with Crippen LogP contribution in [-0.4, -0.2) is 19.3 Å². The van der Waals surface area contributed by atoms with Crippen LogP contribution in [-0.2, 0) is 16.4 Å². The summed E-state index contributed by atoms with van der Waals surface area (Å²) in [6.07, 6.45) is 0.739. The number of nitrogens with zero attached hydrogens (tertiary/aromatic N) is 1. The van der Waals surface area contributed by atoms with Crippen LogP contribution in [0.2, 0.25) is 0 Å². The molecule has 1 atom stereocenters. The van der Waals surface area contributed by atoms with E-state index in [0.717, 1.165) is 22.4 Å². The molecule has 3 nitrogen and oxygen atoms in total. The number of hydrogen-bond acceptors (Lipinski definition) is 3. The van der Waals surface area contributed by atoms with Crippen LogP contribution in [0.1, 0.15) is 27.6 Å². The Morgan fingerprint density at radius 3 is 2.48 bits per heavy atom. The van der Waals surface area contributed by atoms with Crippen molar-refractivity contribution < 1.29 is 8.42 Å². The van der Waals surface area contributed by atoms with Gasteiger partial charge in [0.25, 0.3) is 0 Å². The summed E-state index contributed by atoms with van der Waals surface area (Å²) in [6.45, 7) is 2.46. The molecular formula is C20H19NO2S2. The Labute approximate surface area is 152 Å². The molecule has 25 heavy (non-hydrogen) atoms. The van der Waals surface area contributed by atoms with E-state index in [9.17, 15) is 8.42 Å². The molecule has 0 N–H and O–H groups in total. The molecule has 0 aliphatic carbocycles. The molecule has 1 aromatic heterocycles. The molecule has 2 heterocycles. The predicted molar refractivity (Wildman–Crippen MR) is 101 cm³/mol. The summed E-state index contributed by atoms with van der Waals surface area (Å²) in [5.74, 6) is 0. The highest BCUT2D eigenvalue weighted by Crippen LogP contribution is 2.40. The number of sulfonamides is 1. The van der Waals surface area contributed by atoms with Gasteiger partial charge in [-0.05, 0) is 48.1 Å². The van der Waals surface area contributed by atoms with Crippen LogP contribution in [0.5, 0.6) is 0 Å². The summed E-state index contributed by atoms with van der Waals surface area (Å²) in [4.78, 5) is 1.42. The maximum absolute atomic E-state index is 13.3. The van der Waals surface area contributed by atoms with E-state index in [4.69, 9.17) is 0 Å². The quantitative estimate of drug-likeness (QED) is 0.686. The van der Waals surface area contributed by atoms with Crippen molar-refractivity contribution >= 4 is 21.4 Å². The van der Waals surface area contributed by atoms with E-state index in [1.165, 1.54) is 5.56 Å². The molecule has 1 aliphatic heterocycles. The lowest BCUT2D eigenvalue weighted by Gasteiger charge is -2.36. The first-order chi connectivity index (χ1) is 12.1. The highest BCUT2D eigenvalue weighted by molar-refractivity contribution is 7.89. The van der Waals surface area contributed by atoms with E-state index in [0.29, 0.717) is 11.4 Å². The molecule has 0 saturated carbocycles. The van der Waals surface area contributed by atoms with Crippen molar-refractivity contribution in [3.8, 4) is 0 Å². The molecule has 4 rings (SSSR count). The van der Waals surface area contributed by atoms with Crippen LogP contribution in [0.4, 0.5) is 0 Å². The molecule has 0 radical (unpaired) electrons. The molecule has 5 heteroatoms. The highest BCUT2D eigenvalue weighted by Gasteiger charge is 2.37. The van der Waals surface area contributed by atoms with Gasteiger partial charge in [0.05, 0.1) is 10.9 Å². The SMILES string of the molecule is Cc1ccc(S(=O)(=O)N2CCc3ccccc3C2c2cccs2)cc1. The smallest absolute Gasteiger partial charge is 0.207 e. The van der Waals surface area contributed by atoms with Crippen LogP contribution in [0.25, 0.3) is 0 Å². The molecule has 0 fully saturated rings. The summed E-state index contributed by atoms with van der Waals surface area (Å²) in [6, 6.07) is 19.0. The zero-order valence-electron chi connectivity index (χ0n) is 13.9. The second-order valence-electron chi connectivity index (χ2n) is 6.30. The Kier molecular flexibility index (Phi) is 4.23. The van der Waals surface area contributed by atoms with Crippen molar-refractivity contribution in [1.82, 2.24) is 4.31 Å². The number of fused-ring (bicyclic) bond motifs is 1. The summed E-state index contributed by atoms with van der Waals surface area (Å²) in [7, 11) is -3.56. The van der Waals surface area contributed by atoms with Gasteiger partial charge in [0, 0.05) is 11.4 Å². The van der Waals surface area contributed by atoms with Crippen LogP contribution in [0, 0.1) is 6.92 Å². The Bertz CT molecular complexity index is 977. The lowest BCUT2D eigenvalue weighted by Crippen LogP contribution is -2.40. The van der Waals surface area contributed by atoms with Crippen LogP contribution in [0.3, 0.4) is 0 Å². The van der Waals surface area contributed by atoms with Crippen molar-refractivity contribution in [2.24, 2.45) is 0 Å². The first-order valence-corrected chi connectivity index (χ1v) is 10.6. The van der Waals surface area contributed by atoms with E-state index >= 15 is 0 Å². The molecule has 3 aromatic rings. The van der Waals surface area contributed by atoms with Gasteiger partial charge in [0.2, 0.25) is 10.0 Å². The molecule has 0 spiro atoms. The van der Waals surface area contributed by atoms with Crippen molar-refractivity contribution in [2.45, 2.75) is 24.3 Å². The van der Waals surface area contributed by atoms with Gasteiger partial charge in [-0.3, -0.25) is 0 Å². The van der Waals surface area contributed by atoms with E-state index in [-0.39, 0.29) is 6.04 Å². The zero-order valence-corrected chi connectivity index (χ0v) is 15.6. The average Bonchev–Trinajstić information content (AvgIpc) is 3.15. The van der Waals surface area contributed by atoms with Crippen molar-refractivity contribution in [3.63, 3.8) is 0 Å². The molecule has 128 valence electrons. The first-order valence-electron chi connectivity index (χ1n) is 8.27. The minimum atomic E-state index is -3.56. The number of rotatable bonds is 3. The Morgan fingerprint density at radius 2 is 1.76 bits per heavy atom. The Morgan fingerprint density at radius 1 is 1.00 bits per heavy atom. The maximum atomic E-state index is 13.3. The van der Waals surface area contributed by atoms with Gasteiger partial charge in [-0.2, -0.15) is 4.31 Å². The van der Waals surface area contributed by atoms with Gasteiger partial charge in [0.15, 0.2) is 0 Å². The standard InChI is InChI=1S/C20H19NO2S2/c1-15-8-10-17(11-9-15)25(22,23)21-13-12-16-5-2-3-6-18(16)20(21)19-7-4-14-24-19/h2-11,14,20H,12-13H2,1H3. The van der Waals surface area contributed by atoms with Gasteiger partial charge < -0.3 is 0 Å². The van der Waals surface area contributed by atoms with Crippen molar-refractivity contribution in [1.29, 1.82) is 0 Å². The van der Waals surface area contributed by atoms with Gasteiger partial charge in [-0.25, -0.2) is 8.42 Å². The number of hydrogen-bond donors (Lipinski definition) is 0. The fourth-order valence-corrected chi connectivity index (χ4v) is 5.90. The normalized spacial score (nSPS) is 18.0. The minimum Gasteiger partial charge on any atom is -0.207 e. The predicted octanol–water partition coefficient (Wildman–Crippen LogP) is 4.39. The number of benzene rings is 2. The lowest BCUT2D eigenvalue weighted by molar-refractivity contribution is 0.347. The Balaban J connectivity index is 1.84. The van der Waals surface area contributed by atoms with Crippen molar-refractivity contribution in [3.05, 3.63) is 87.6 Å². The minimum absolute atomic E-state index is 0.253. The van der Waals surface area contributed by atoms with Crippen LogP contribution in [0.15, 0.2) is 70.9 Å². The maximum Gasteiger partial charge on any atom is 0.243 e. The third-order valence-corrected chi connectivity index (χ3v) is 7.48. The number of aryl methyl sites for hydroxylation is 1. The average molecular weight is 370 g/mol. The fourth-order valence-electron chi connectivity index (χ4n) is 3.39. The van der Waals surface area contributed by atoms with Crippen molar-refractivity contribution in [2.75, 3.05) is 6.54 Å². The van der Waals surface area contributed by atoms with E-state index in [1.54, 1.807) is 27.8 Å². The third-order valence-electron chi connectivity index (χ3n) is 4.68. The lowest BCUT2D eigenvalue weighted by atomic mass is 9.93. The van der Waals surface area contributed by atoms with Gasteiger partial charge in [0.1, 0.15) is 0 Å². The number of thiophene rings is 1. The second kappa shape index (κ2) is 6.41. The monoisotopic (exact) mass is 369 g/mol. The third kappa shape index (κ3) is 2.92. The molecule has 1 aliphatic rings. The molecule has 0 amide bonds. The van der Waals surface area contributed by atoms with Gasteiger partial charge in [-0.15, -0.1) is 11.3 Å². The summed E-state index contributed by atoms with van der Waals surface area (Å²) in [5, 5.41) is 2.00. The van der Waals surface area contributed by atoms with Gasteiger partial charge in [-0.1, -0.05) is 48.0 Å². The largest absolute Gasteiger partial charge is 0.243 e. The van der Waals surface area contributed by atoms with E-state index in [2.05, 4.69) is 12.1 Å². The zero-order chi connectivity index (χ0) is 17.4. The summed E-state index contributed by atoms with van der Waals surface area (Å²) >= 11 is 1.60. The summed E-state index contributed by atoms with van der Waals surface area (Å²) in [5.41, 5.74) is 3.38. The van der Waals surface area contributed by atoms with E-state index < -0.39 is 10.0 Å². The second-order valence-corrected chi connectivity index (χ2v) is 9.17. The molecular weight excluding hydrogens is 350 g/mol. The van der Waals surface area contributed by atoms with Crippen LogP contribution < -0.4 is 0 Å². The van der Waals surface area contributed by atoms with Crippen LogP contribution >= 0.6 is 11.3 Å². The highest BCUT2D eigenvalue weighted by atomic mass is 32.2. The molecule has 0 bridgehead atoms. The van der Waals surface area contributed by atoms with E-state index in [1.807, 2.05) is 48.7 Å². The molecule has 0 saturated heterocycles.